The van der Waals surface area contributed by atoms with E-state index in [-0.39, 0.29) is 22.4 Å². The minimum Gasteiger partial charge on any atom is -0.476 e. The van der Waals surface area contributed by atoms with Gasteiger partial charge in [0, 0.05) is 5.38 Å². The zero-order valence-electron chi connectivity index (χ0n) is 10.8. The number of hydrogen-bond acceptors (Lipinski definition) is 5. The van der Waals surface area contributed by atoms with E-state index in [0.717, 1.165) is 18.6 Å². The van der Waals surface area contributed by atoms with Crippen molar-refractivity contribution in [3.05, 3.63) is 16.1 Å². The Hall–Kier alpha value is -1.08. The number of aromatic nitrogens is 1. The zero-order chi connectivity index (χ0) is 14.0. The summed E-state index contributed by atoms with van der Waals surface area (Å²) in [6, 6.07) is -0.261. The van der Waals surface area contributed by atoms with E-state index in [0.29, 0.717) is 5.01 Å². The molecule has 7 heteroatoms. The lowest BCUT2D eigenvalue weighted by atomic mass is 10.0. The van der Waals surface area contributed by atoms with E-state index < -0.39 is 5.97 Å². The summed E-state index contributed by atoms with van der Waals surface area (Å²) < 4.78 is -0.360. The van der Waals surface area contributed by atoms with Gasteiger partial charge in [-0.2, -0.15) is 0 Å². The van der Waals surface area contributed by atoms with Gasteiger partial charge < -0.3 is 10.4 Å². The van der Waals surface area contributed by atoms with Gasteiger partial charge in [0.05, 0.1) is 10.8 Å². The van der Waals surface area contributed by atoms with Crippen LogP contribution in [0.2, 0.25) is 0 Å². The largest absolute Gasteiger partial charge is 0.476 e. The maximum Gasteiger partial charge on any atom is 0.355 e. The first-order valence-corrected chi connectivity index (χ1v) is 7.92. The smallest absolute Gasteiger partial charge is 0.355 e. The first-order valence-electron chi connectivity index (χ1n) is 6.06. The van der Waals surface area contributed by atoms with Crippen molar-refractivity contribution in [3.63, 3.8) is 0 Å². The van der Waals surface area contributed by atoms with Crippen molar-refractivity contribution in [1.82, 2.24) is 10.3 Å². The van der Waals surface area contributed by atoms with Crippen LogP contribution in [0.5, 0.6) is 0 Å². The number of nitrogens with zero attached hydrogens (tertiary/aromatic N) is 1. The monoisotopic (exact) mass is 300 g/mol. The molecule has 1 fully saturated rings. The van der Waals surface area contributed by atoms with Crippen molar-refractivity contribution >= 4 is 35.0 Å². The van der Waals surface area contributed by atoms with Crippen molar-refractivity contribution in [2.75, 3.05) is 5.75 Å². The van der Waals surface area contributed by atoms with E-state index in [1.54, 1.807) is 11.8 Å². The molecular weight excluding hydrogens is 284 g/mol. The molecule has 2 rings (SSSR count). The molecule has 104 valence electrons. The summed E-state index contributed by atoms with van der Waals surface area (Å²) in [4.78, 5) is 27.0. The summed E-state index contributed by atoms with van der Waals surface area (Å²) in [5.74, 6) is -0.0208. The Labute approximate surface area is 119 Å². The summed E-state index contributed by atoms with van der Waals surface area (Å²) in [6.45, 7) is 3.78. The molecule has 0 saturated carbocycles. The second kappa shape index (κ2) is 5.50. The van der Waals surface area contributed by atoms with Crippen LogP contribution in [-0.4, -0.2) is 32.5 Å². The van der Waals surface area contributed by atoms with Crippen molar-refractivity contribution in [3.8, 4) is 0 Å². The summed E-state index contributed by atoms with van der Waals surface area (Å²) in [5, 5.41) is 13.9. The average Bonchev–Trinajstić information content (AvgIpc) is 2.97. The second-order valence-electron chi connectivity index (χ2n) is 4.75. The van der Waals surface area contributed by atoms with Gasteiger partial charge in [0.1, 0.15) is 5.01 Å². The number of thiazole rings is 1. The maximum atomic E-state index is 12.2. The van der Waals surface area contributed by atoms with Crippen LogP contribution >= 0.6 is 23.1 Å². The van der Waals surface area contributed by atoms with Gasteiger partial charge in [0.15, 0.2) is 5.69 Å². The van der Waals surface area contributed by atoms with Gasteiger partial charge in [0.2, 0.25) is 5.91 Å². The maximum absolute atomic E-state index is 12.2. The van der Waals surface area contributed by atoms with E-state index in [1.807, 2.05) is 13.8 Å². The fourth-order valence-electron chi connectivity index (χ4n) is 1.95. The van der Waals surface area contributed by atoms with Gasteiger partial charge in [-0.15, -0.1) is 23.1 Å². The highest BCUT2D eigenvalue weighted by molar-refractivity contribution is 8.01. The average molecular weight is 300 g/mol. The molecule has 1 aromatic rings. The minimum absolute atomic E-state index is 0.00887. The lowest BCUT2D eigenvalue weighted by molar-refractivity contribution is -0.123. The Bertz CT molecular complexity index is 495. The number of aromatic carboxylic acids is 1. The van der Waals surface area contributed by atoms with E-state index in [9.17, 15) is 9.59 Å². The number of rotatable bonds is 4. The van der Waals surface area contributed by atoms with E-state index in [1.165, 1.54) is 16.7 Å². The lowest BCUT2D eigenvalue weighted by Crippen LogP contribution is -2.41. The molecule has 5 nitrogen and oxygen atoms in total. The van der Waals surface area contributed by atoms with Crippen LogP contribution in [0.3, 0.4) is 0 Å². The van der Waals surface area contributed by atoms with E-state index in [4.69, 9.17) is 5.11 Å². The molecule has 0 radical (unpaired) electrons. The van der Waals surface area contributed by atoms with Gasteiger partial charge >= 0.3 is 5.97 Å². The first kappa shape index (κ1) is 14.3. The third-order valence-electron chi connectivity index (χ3n) is 3.16. The predicted molar refractivity (Wildman–Crippen MR) is 75.7 cm³/mol. The molecule has 2 heterocycles. The number of hydrogen-bond donors (Lipinski definition) is 2. The van der Waals surface area contributed by atoms with Crippen LogP contribution in [0.15, 0.2) is 5.38 Å². The molecule has 19 heavy (non-hydrogen) atoms. The number of amides is 1. The molecule has 0 spiro atoms. The van der Waals surface area contributed by atoms with Crippen LogP contribution in [0.1, 0.15) is 48.2 Å². The Morgan fingerprint density at radius 3 is 2.84 bits per heavy atom. The third-order valence-corrected chi connectivity index (χ3v) is 5.71. The molecular formula is C12H16N2O3S2. The van der Waals surface area contributed by atoms with Gasteiger partial charge in [0.25, 0.3) is 0 Å². The number of thioether (sulfide) groups is 1. The normalized spacial score (nSPS) is 24.1. The van der Waals surface area contributed by atoms with Crippen LogP contribution in [0, 0.1) is 0 Å². The van der Waals surface area contributed by atoms with Crippen LogP contribution in [-0.2, 0) is 4.79 Å². The highest BCUT2D eigenvalue weighted by atomic mass is 32.2. The van der Waals surface area contributed by atoms with Crippen molar-refractivity contribution < 1.29 is 14.7 Å². The summed E-state index contributed by atoms with van der Waals surface area (Å²) in [6.07, 6.45) is 1.94. The van der Waals surface area contributed by atoms with Crippen LogP contribution < -0.4 is 5.32 Å². The van der Waals surface area contributed by atoms with Gasteiger partial charge in [-0.25, -0.2) is 9.78 Å². The van der Waals surface area contributed by atoms with E-state index >= 15 is 0 Å². The quantitative estimate of drug-likeness (QED) is 0.892. The summed E-state index contributed by atoms with van der Waals surface area (Å²) in [5.41, 5.74) is 0.0301. The molecule has 1 aromatic heterocycles. The summed E-state index contributed by atoms with van der Waals surface area (Å²) >= 11 is 2.93. The number of carboxylic acid groups (broad SMARTS) is 1. The SMILES string of the molecule is CC(NC(=O)C1(C)CCCS1)c1nc(C(=O)O)cs1. The fraction of sp³-hybridized carbons (Fsp3) is 0.583. The number of carbonyl (C=O) groups is 2. The lowest BCUT2D eigenvalue weighted by Gasteiger charge is -2.23. The Morgan fingerprint density at radius 1 is 1.58 bits per heavy atom. The molecule has 1 amide bonds. The molecule has 0 aromatic carbocycles. The molecule has 2 unspecified atom stereocenters. The van der Waals surface area contributed by atoms with Crippen LogP contribution in [0.25, 0.3) is 0 Å². The van der Waals surface area contributed by atoms with E-state index in [2.05, 4.69) is 10.3 Å². The molecule has 1 aliphatic rings. The zero-order valence-corrected chi connectivity index (χ0v) is 12.4. The second-order valence-corrected chi connectivity index (χ2v) is 7.24. The van der Waals surface area contributed by atoms with Gasteiger partial charge in [-0.1, -0.05) is 0 Å². The third kappa shape index (κ3) is 3.09. The van der Waals surface area contributed by atoms with Crippen molar-refractivity contribution in [1.29, 1.82) is 0 Å². The standard InChI is InChI=1S/C12H16N2O3S2/c1-7(9-14-8(6-18-9)10(15)16)13-11(17)12(2)4-3-5-19-12/h6-7H,3-5H2,1-2H3,(H,13,17)(H,15,16). The van der Waals surface area contributed by atoms with Crippen molar-refractivity contribution in [2.45, 2.75) is 37.5 Å². The first-order chi connectivity index (χ1) is 8.92. The molecule has 1 saturated heterocycles. The number of nitrogens with one attached hydrogen (secondary N) is 1. The molecule has 0 aliphatic carbocycles. The Balaban J connectivity index is 2.01. The molecule has 1 aliphatic heterocycles. The Morgan fingerprint density at radius 2 is 2.32 bits per heavy atom. The summed E-state index contributed by atoms with van der Waals surface area (Å²) in [7, 11) is 0. The van der Waals surface area contributed by atoms with Crippen LogP contribution in [0.4, 0.5) is 0 Å². The number of carbonyl (C=O) groups excluding carboxylic acids is 1. The van der Waals surface area contributed by atoms with Crippen molar-refractivity contribution in [2.24, 2.45) is 0 Å². The number of carboxylic acids is 1. The minimum atomic E-state index is -1.04. The molecule has 2 N–H and O–H groups in total. The fourth-order valence-corrected chi connectivity index (χ4v) is 3.97. The highest BCUT2D eigenvalue weighted by Crippen LogP contribution is 2.38. The Kier molecular flexibility index (Phi) is 4.15. The topological polar surface area (TPSA) is 79.3 Å². The van der Waals surface area contributed by atoms with Gasteiger partial charge in [-0.05, 0) is 32.4 Å². The predicted octanol–water partition coefficient (Wildman–Crippen LogP) is 2.30. The van der Waals surface area contributed by atoms with Gasteiger partial charge in [-0.3, -0.25) is 4.79 Å². The molecule has 2 atom stereocenters. The molecule has 0 bridgehead atoms. The highest BCUT2D eigenvalue weighted by Gasteiger charge is 2.37.